The Balaban J connectivity index is 2.55. The Labute approximate surface area is 98.5 Å². The van der Waals surface area contributed by atoms with Crippen LogP contribution in [0.5, 0.6) is 0 Å². The molecule has 1 saturated carbocycles. The lowest BCUT2D eigenvalue weighted by atomic mass is 9.97. The summed E-state index contributed by atoms with van der Waals surface area (Å²) in [5.74, 6) is -1.81. The lowest BCUT2D eigenvalue weighted by molar-refractivity contribution is -0.141. The summed E-state index contributed by atoms with van der Waals surface area (Å²) in [6.07, 6.45) is 0.877. The van der Waals surface area contributed by atoms with Crippen molar-refractivity contribution in [3.8, 4) is 0 Å². The summed E-state index contributed by atoms with van der Waals surface area (Å²) in [5.41, 5.74) is -1.25. The van der Waals surface area contributed by atoms with Gasteiger partial charge in [-0.25, -0.2) is 4.79 Å². The average Bonchev–Trinajstić information content (AvgIpc) is 2.93. The van der Waals surface area contributed by atoms with E-state index in [-0.39, 0.29) is 5.92 Å². The first-order valence-corrected chi connectivity index (χ1v) is 5.28. The van der Waals surface area contributed by atoms with Crippen molar-refractivity contribution < 1.29 is 29.6 Å². The van der Waals surface area contributed by atoms with Gasteiger partial charge in [-0.3, -0.25) is 4.79 Å². The number of aliphatic hydroxyl groups is 2. The lowest BCUT2D eigenvalue weighted by Crippen LogP contribution is -2.27. The van der Waals surface area contributed by atoms with Crippen LogP contribution in [0.25, 0.3) is 0 Å². The number of ether oxygens (including phenoxy) is 1. The molecule has 0 radical (unpaired) electrons. The average molecular weight is 244 g/mol. The van der Waals surface area contributed by atoms with E-state index in [0.29, 0.717) is 6.42 Å². The minimum absolute atomic E-state index is 0.371. The molecule has 0 aromatic heterocycles. The third kappa shape index (κ3) is 3.83. The first-order chi connectivity index (χ1) is 7.74. The SMILES string of the molecule is CC(O)C=CC(C)(O)C1CC1C(=O)OC(=O)O. The molecule has 0 spiro atoms. The fraction of sp³-hybridized carbons (Fsp3) is 0.636. The second-order valence-corrected chi connectivity index (χ2v) is 4.46. The van der Waals surface area contributed by atoms with Gasteiger partial charge in [0.15, 0.2) is 0 Å². The summed E-state index contributed by atoms with van der Waals surface area (Å²) in [6, 6.07) is 0. The predicted octanol–water partition coefficient (Wildman–Crippen LogP) is 0.532. The van der Waals surface area contributed by atoms with E-state index in [2.05, 4.69) is 4.74 Å². The third-order valence-corrected chi connectivity index (χ3v) is 2.74. The van der Waals surface area contributed by atoms with Crippen LogP contribution in [0.2, 0.25) is 0 Å². The Morgan fingerprint density at radius 2 is 2.12 bits per heavy atom. The fourth-order valence-electron chi connectivity index (χ4n) is 1.72. The molecule has 1 rings (SSSR count). The molecule has 3 N–H and O–H groups in total. The van der Waals surface area contributed by atoms with Crippen LogP contribution in [-0.2, 0) is 9.53 Å². The van der Waals surface area contributed by atoms with Gasteiger partial charge >= 0.3 is 12.1 Å². The van der Waals surface area contributed by atoms with Gasteiger partial charge in [0.1, 0.15) is 0 Å². The molecule has 4 atom stereocenters. The minimum Gasteiger partial charge on any atom is -0.449 e. The van der Waals surface area contributed by atoms with Gasteiger partial charge in [0, 0.05) is 5.92 Å². The Bertz CT molecular complexity index is 344. The topological polar surface area (TPSA) is 104 Å². The maximum absolute atomic E-state index is 11.2. The number of esters is 1. The predicted molar refractivity (Wildman–Crippen MR) is 57.2 cm³/mol. The number of hydrogen-bond acceptors (Lipinski definition) is 5. The highest BCUT2D eigenvalue weighted by Gasteiger charge is 2.53. The fourth-order valence-corrected chi connectivity index (χ4v) is 1.72. The zero-order valence-electron chi connectivity index (χ0n) is 9.66. The Hall–Kier alpha value is -1.40. The van der Waals surface area contributed by atoms with E-state index in [9.17, 15) is 14.7 Å². The number of carbonyl (C=O) groups excluding carboxylic acids is 1. The first-order valence-electron chi connectivity index (χ1n) is 5.28. The largest absolute Gasteiger partial charge is 0.513 e. The van der Waals surface area contributed by atoms with Gasteiger partial charge in [0.25, 0.3) is 0 Å². The molecular formula is C11H16O6. The number of aliphatic hydroxyl groups excluding tert-OH is 1. The van der Waals surface area contributed by atoms with E-state index in [1.54, 1.807) is 0 Å². The molecule has 6 nitrogen and oxygen atoms in total. The van der Waals surface area contributed by atoms with Gasteiger partial charge in [0.2, 0.25) is 0 Å². The Morgan fingerprint density at radius 3 is 2.59 bits per heavy atom. The highest BCUT2D eigenvalue weighted by Crippen LogP contribution is 2.47. The quantitative estimate of drug-likeness (QED) is 0.378. The molecule has 96 valence electrons. The lowest BCUT2D eigenvalue weighted by Gasteiger charge is -2.19. The van der Waals surface area contributed by atoms with Crippen LogP contribution in [0.4, 0.5) is 4.79 Å². The van der Waals surface area contributed by atoms with E-state index in [0.717, 1.165) is 0 Å². The molecule has 0 heterocycles. The molecule has 0 aromatic rings. The summed E-state index contributed by atoms with van der Waals surface area (Å²) < 4.78 is 4.02. The smallest absolute Gasteiger partial charge is 0.449 e. The monoisotopic (exact) mass is 244 g/mol. The van der Waals surface area contributed by atoms with Crippen molar-refractivity contribution in [2.45, 2.75) is 32.0 Å². The van der Waals surface area contributed by atoms with Gasteiger partial charge in [-0.05, 0) is 20.3 Å². The molecule has 1 aliphatic rings. The van der Waals surface area contributed by atoms with Crippen molar-refractivity contribution in [3.05, 3.63) is 12.2 Å². The van der Waals surface area contributed by atoms with Gasteiger partial charge in [-0.1, -0.05) is 12.2 Å². The zero-order chi connectivity index (χ0) is 13.2. The number of carbonyl (C=O) groups is 2. The van der Waals surface area contributed by atoms with Crippen molar-refractivity contribution in [3.63, 3.8) is 0 Å². The second-order valence-electron chi connectivity index (χ2n) is 4.46. The molecule has 0 amide bonds. The maximum atomic E-state index is 11.2. The number of rotatable bonds is 4. The standard InChI is InChI=1S/C11H16O6/c1-6(12)3-4-11(2,16)8-5-7(8)9(13)17-10(14)15/h3-4,6-8,12,16H,5H2,1-2H3,(H,14,15). The van der Waals surface area contributed by atoms with Crippen LogP contribution in [0.15, 0.2) is 12.2 Å². The molecular weight excluding hydrogens is 228 g/mol. The molecule has 0 aliphatic heterocycles. The highest BCUT2D eigenvalue weighted by molar-refractivity contribution is 5.84. The van der Waals surface area contributed by atoms with Crippen LogP contribution >= 0.6 is 0 Å². The van der Waals surface area contributed by atoms with Crippen LogP contribution in [0.3, 0.4) is 0 Å². The molecule has 1 aliphatic carbocycles. The van der Waals surface area contributed by atoms with Crippen molar-refractivity contribution in [1.29, 1.82) is 0 Å². The van der Waals surface area contributed by atoms with Crippen molar-refractivity contribution in [2.75, 3.05) is 0 Å². The number of carboxylic acid groups (broad SMARTS) is 1. The van der Waals surface area contributed by atoms with E-state index in [1.165, 1.54) is 26.0 Å². The third-order valence-electron chi connectivity index (χ3n) is 2.74. The van der Waals surface area contributed by atoms with Crippen molar-refractivity contribution >= 4 is 12.1 Å². The highest BCUT2D eigenvalue weighted by atomic mass is 16.7. The second kappa shape index (κ2) is 4.85. The molecule has 6 heteroatoms. The van der Waals surface area contributed by atoms with Crippen LogP contribution in [0, 0.1) is 11.8 Å². The molecule has 17 heavy (non-hydrogen) atoms. The van der Waals surface area contributed by atoms with Gasteiger partial charge in [-0.2, -0.15) is 0 Å². The van der Waals surface area contributed by atoms with Crippen LogP contribution < -0.4 is 0 Å². The number of hydrogen-bond donors (Lipinski definition) is 3. The minimum atomic E-state index is -1.64. The summed E-state index contributed by atoms with van der Waals surface area (Å²) in [6.45, 7) is 3.04. The van der Waals surface area contributed by atoms with Crippen LogP contribution in [-0.4, -0.2) is 39.1 Å². The molecule has 0 bridgehead atoms. The molecule has 4 unspecified atom stereocenters. The van der Waals surface area contributed by atoms with Gasteiger partial charge < -0.3 is 20.1 Å². The van der Waals surface area contributed by atoms with Gasteiger partial charge in [0.05, 0.1) is 17.6 Å². The summed E-state index contributed by atoms with van der Waals surface area (Å²) in [4.78, 5) is 21.4. The van der Waals surface area contributed by atoms with Gasteiger partial charge in [-0.15, -0.1) is 0 Å². The summed E-state index contributed by atoms with van der Waals surface area (Å²) in [5, 5.41) is 27.3. The first kappa shape index (κ1) is 13.7. The Kier molecular flexibility index (Phi) is 3.90. The normalized spacial score (nSPS) is 28.5. The molecule has 0 saturated heterocycles. The Morgan fingerprint density at radius 1 is 1.53 bits per heavy atom. The summed E-state index contributed by atoms with van der Waals surface area (Å²) >= 11 is 0. The van der Waals surface area contributed by atoms with Crippen LogP contribution in [0.1, 0.15) is 20.3 Å². The molecule has 0 aromatic carbocycles. The van der Waals surface area contributed by atoms with Crippen molar-refractivity contribution in [1.82, 2.24) is 0 Å². The zero-order valence-corrected chi connectivity index (χ0v) is 9.66. The van der Waals surface area contributed by atoms with E-state index >= 15 is 0 Å². The maximum Gasteiger partial charge on any atom is 0.513 e. The van der Waals surface area contributed by atoms with E-state index in [4.69, 9.17) is 10.2 Å². The van der Waals surface area contributed by atoms with Crippen molar-refractivity contribution in [2.24, 2.45) is 11.8 Å². The van der Waals surface area contributed by atoms with E-state index in [1.807, 2.05) is 0 Å². The summed E-state index contributed by atoms with van der Waals surface area (Å²) in [7, 11) is 0. The van der Waals surface area contributed by atoms with E-state index < -0.39 is 29.7 Å². The molecule has 1 fully saturated rings.